The van der Waals surface area contributed by atoms with Crippen LogP contribution in [0.15, 0.2) is 91.1 Å². The Balaban J connectivity index is 1.69. The Morgan fingerprint density at radius 1 is 0.719 bits per heavy atom. The Morgan fingerprint density at radius 3 is 2.44 bits per heavy atom. The number of aromatic nitrogens is 2. The number of para-hydroxylation sites is 1. The summed E-state index contributed by atoms with van der Waals surface area (Å²) in [6.45, 7) is 2.22. The number of aryl methyl sites for hydroxylation is 2. The molecule has 0 saturated heterocycles. The lowest BCUT2D eigenvalue weighted by atomic mass is 10.00. The minimum atomic E-state index is 0.845. The summed E-state index contributed by atoms with van der Waals surface area (Å²) in [5.74, 6) is 1.69. The van der Waals surface area contributed by atoms with E-state index < -0.39 is 0 Å². The van der Waals surface area contributed by atoms with Crippen molar-refractivity contribution in [2.45, 2.75) is 6.92 Å². The third kappa shape index (κ3) is 2.23. The van der Waals surface area contributed by atoms with Crippen LogP contribution in [0.25, 0.3) is 49.0 Å². The molecule has 0 aliphatic rings. The number of rotatable bonds is 2. The van der Waals surface area contributed by atoms with Crippen molar-refractivity contribution < 1.29 is 9.30 Å². The van der Waals surface area contributed by atoms with Crippen molar-refractivity contribution in [2.24, 2.45) is 7.05 Å². The van der Waals surface area contributed by atoms with Gasteiger partial charge in [-0.3, -0.25) is 0 Å². The van der Waals surface area contributed by atoms with Crippen molar-refractivity contribution in [3.63, 3.8) is 0 Å². The first-order valence-electron chi connectivity index (χ1n) is 10.9. The van der Waals surface area contributed by atoms with E-state index in [1.807, 2.05) is 30.3 Å². The zero-order valence-corrected chi connectivity index (χ0v) is 18.0. The number of benzene rings is 4. The second kappa shape index (κ2) is 6.21. The third-order valence-corrected chi connectivity index (χ3v) is 6.71. The van der Waals surface area contributed by atoms with E-state index in [2.05, 4.69) is 83.7 Å². The number of hydrogen-bond donors (Lipinski definition) is 0. The summed E-state index contributed by atoms with van der Waals surface area (Å²) in [5, 5.41) is 6.40. The first-order chi connectivity index (χ1) is 15.7. The molecular weight excluding hydrogens is 392 g/mol. The highest BCUT2D eigenvalue weighted by Crippen LogP contribution is 2.41. The number of fused-ring (bicyclic) bond motifs is 5. The molecule has 0 fully saturated rings. The molecule has 32 heavy (non-hydrogen) atoms. The first-order valence-corrected chi connectivity index (χ1v) is 10.9. The second-order valence-corrected chi connectivity index (χ2v) is 8.60. The van der Waals surface area contributed by atoms with Crippen LogP contribution in [0.2, 0.25) is 0 Å². The zero-order chi connectivity index (χ0) is 21.4. The number of ether oxygens (including phenoxy) is 1. The second-order valence-electron chi connectivity index (χ2n) is 8.60. The molecule has 0 unspecified atom stereocenters. The summed E-state index contributed by atoms with van der Waals surface area (Å²) in [5.41, 5.74) is 6.25. The van der Waals surface area contributed by atoms with Gasteiger partial charge in [-0.1, -0.05) is 42.5 Å². The molecule has 0 amide bonds. The Hall–Kier alpha value is -4.11. The standard InChI is InChI=1S/C29H21N2O/c1-18-11-13-23-22-14-12-21(32-20-8-4-3-5-9-20)17-25(22)31-24-10-6-7-19-15-16-30(2)29(27(19)24)26(18)28(23)31/h3-17H,1-2H3/q+1. The summed E-state index contributed by atoms with van der Waals surface area (Å²) >= 11 is 0. The lowest BCUT2D eigenvalue weighted by Crippen LogP contribution is -2.28. The number of pyridine rings is 2. The van der Waals surface area contributed by atoms with E-state index in [1.165, 1.54) is 54.6 Å². The van der Waals surface area contributed by atoms with Gasteiger partial charge in [0.15, 0.2) is 6.20 Å². The maximum atomic E-state index is 6.20. The van der Waals surface area contributed by atoms with Crippen molar-refractivity contribution in [3.8, 4) is 11.5 Å². The quantitative estimate of drug-likeness (QED) is 0.171. The molecule has 0 atom stereocenters. The Labute approximate surface area is 185 Å². The summed E-state index contributed by atoms with van der Waals surface area (Å²) in [7, 11) is 2.15. The molecule has 3 nitrogen and oxygen atoms in total. The molecule has 7 rings (SSSR count). The van der Waals surface area contributed by atoms with Gasteiger partial charge in [0.2, 0.25) is 5.52 Å². The van der Waals surface area contributed by atoms with Gasteiger partial charge < -0.3 is 9.14 Å². The van der Waals surface area contributed by atoms with E-state index in [-0.39, 0.29) is 0 Å². The normalized spacial score (nSPS) is 12.1. The molecule has 3 heterocycles. The van der Waals surface area contributed by atoms with Crippen LogP contribution < -0.4 is 9.30 Å². The fourth-order valence-electron chi connectivity index (χ4n) is 5.31. The van der Waals surface area contributed by atoms with Gasteiger partial charge in [0.05, 0.1) is 27.3 Å². The van der Waals surface area contributed by atoms with E-state index in [0.717, 1.165) is 11.5 Å². The molecule has 4 aromatic carbocycles. The summed E-state index contributed by atoms with van der Waals surface area (Å²) in [4.78, 5) is 0. The SMILES string of the molecule is Cc1ccc2c3ccc(Oc4ccccc4)cc3n3c4cccc5cc[n+](C)c(c1c23)c54. The van der Waals surface area contributed by atoms with Crippen LogP contribution in [0.3, 0.4) is 0 Å². The average molecular weight is 414 g/mol. The summed E-state index contributed by atoms with van der Waals surface area (Å²) < 4.78 is 10.9. The molecular formula is C29H21N2O+. The van der Waals surface area contributed by atoms with Gasteiger partial charge in [-0.05, 0) is 48.2 Å². The zero-order valence-electron chi connectivity index (χ0n) is 18.0. The topological polar surface area (TPSA) is 17.5 Å². The Bertz CT molecular complexity index is 1810. The molecule has 0 bridgehead atoms. The minimum Gasteiger partial charge on any atom is -0.457 e. The van der Waals surface area contributed by atoms with Crippen molar-refractivity contribution in [1.29, 1.82) is 0 Å². The first kappa shape index (κ1) is 17.6. The predicted molar refractivity (Wildman–Crippen MR) is 131 cm³/mol. The molecule has 0 saturated carbocycles. The number of nitrogens with zero attached hydrogens (tertiary/aromatic N) is 2. The molecule has 3 heteroatoms. The molecule has 0 aliphatic carbocycles. The highest BCUT2D eigenvalue weighted by atomic mass is 16.5. The van der Waals surface area contributed by atoms with Crippen molar-refractivity contribution in [3.05, 3.63) is 96.7 Å². The van der Waals surface area contributed by atoms with Gasteiger partial charge in [0.1, 0.15) is 18.5 Å². The number of hydrogen-bond acceptors (Lipinski definition) is 1. The lowest BCUT2D eigenvalue weighted by molar-refractivity contribution is -0.643. The van der Waals surface area contributed by atoms with E-state index >= 15 is 0 Å². The van der Waals surface area contributed by atoms with Gasteiger partial charge in [0, 0.05) is 22.9 Å². The van der Waals surface area contributed by atoms with Gasteiger partial charge in [-0.15, -0.1) is 0 Å². The van der Waals surface area contributed by atoms with Gasteiger partial charge in [-0.25, -0.2) is 4.57 Å². The fourth-order valence-corrected chi connectivity index (χ4v) is 5.31. The van der Waals surface area contributed by atoms with Crippen LogP contribution in [0.4, 0.5) is 0 Å². The summed E-state index contributed by atoms with van der Waals surface area (Å²) in [6.07, 6.45) is 2.17. The Kier molecular flexibility index (Phi) is 3.41. The van der Waals surface area contributed by atoms with Crippen molar-refractivity contribution in [2.75, 3.05) is 0 Å². The highest BCUT2D eigenvalue weighted by molar-refractivity contribution is 6.25. The monoisotopic (exact) mass is 413 g/mol. The molecule has 7 aromatic rings. The van der Waals surface area contributed by atoms with E-state index in [1.54, 1.807) is 0 Å². The van der Waals surface area contributed by atoms with Crippen LogP contribution in [-0.4, -0.2) is 4.40 Å². The molecule has 0 radical (unpaired) electrons. The Morgan fingerprint density at radius 2 is 1.56 bits per heavy atom. The molecule has 0 aliphatic heterocycles. The third-order valence-electron chi connectivity index (χ3n) is 6.71. The molecule has 3 aromatic heterocycles. The van der Waals surface area contributed by atoms with Crippen LogP contribution in [-0.2, 0) is 7.05 Å². The van der Waals surface area contributed by atoms with Gasteiger partial charge in [0.25, 0.3) is 0 Å². The maximum absolute atomic E-state index is 6.20. The average Bonchev–Trinajstić information content (AvgIpc) is 3.14. The highest BCUT2D eigenvalue weighted by Gasteiger charge is 2.23. The smallest absolute Gasteiger partial charge is 0.224 e. The lowest BCUT2D eigenvalue weighted by Gasteiger charge is -2.12. The van der Waals surface area contributed by atoms with Gasteiger partial charge in [-0.2, -0.15) is 0 Å². The van der Waals surface area contributed by atoms with E-state index in [9.17, 15) is 0 Å². The van der Waals surface area contributed by atoms with Crippen molar-refractivity contribution >= 4 is 49.0 Å². The van der Waals surface area contributed by atoms with Crippen molar-refractivity contribution in [1.82, 2.24) is 4.40 Å². The van der Waals surface area contributed by atoms with Crippen LogP contribution in [0, 0.1) is 6.92 Å². The maximum Gasteiger partial charge on any atom is 0.224 e. The largest absolute Gasteiger partial charge is 0.457 e. The summed E-state index contributed by atoms with van der Waals surface area (Å²) in [6, 6.07) is 29.7. The molecule has 0 N–H and O–H groups in total. The van der Waals surface area contributed by atoms with Gasteiger partial charge >= 0.3 is 0 Å². The minimum absolute atomic E-state index is 0.845. The van der Waals surface area contributed by atoms with Crippen LogP contribution in [0.5, 0.6) is 11.5 Å². The fraction of sp³-hybridized carbons (Fsp3) is 0.0690. The predicted octanol–water partition coefficient (Wildman–Crippen LogP) is 6.92. The van der Waals surface area contributed by atoms with E-state index in [4.69, 9.17) is 4.74 Å². The van der Waals surface area contributed by atoms with Crippen LogP contribution >= 0.6 is 0 Å². The molecule has 152 valence electrons. The van der Waals surface area contributed by atoms with E-state index in [0.29, 0.717) is 0 Å². The molecule has 0 spiro atoms. The van der Waals surface area contributed by atoms with Crippen LogP contribution in [0.1, 0.15) is 5.56 Å².